The smallest absolute Gasteiger partial charge is 0.0995 e. The maximum absolute atomic E-state index is 6.40. The molecule has 1 unspecified atom stereocenters. The van der Waals surface area contributed by atoms with Crippen LogP contribution in [-0.4, -0.2) is 35.9 Å². The Hall–Kier alpha value is -1.09. The zero-order valence-electron chi connectivity index (χ0n) is 31.1. The Morgan fingerprint density at radius 2 is 0.933 bits per heavy atom. The van der Waals surface area contributed by atoms with Gasteiger partial charge in [-0.3, -0.25) is 4.99 Å². The molecule has 0 bridgehead atoms. The van der Waals surface area contributed by atoms with Gasteiger partial charge in [-0.2, -0.15) is 0 Å². The third-order valence-electron chi connectivity index (χ3n) is 10.2. The molecule has 0 fully saturated rings. The zero-order chi connectivity index (χ0) is 32.5. The number of rotatable bonds is 34. The summed E-state index contributed by atoms with van der Waals surface area (Å²) >= 11 is 0. The molecule has 1 heterocycles. The maximum atomic E-state index is 6.40. The van der Waals surface area contributed by atoms with Gasteiger partial charge in [-0.05, 0) is 71.1 Å². The van der Waals surface area contributed by atoms with Crippen molar-refractivity contribution in [1.82, 2.24) is 4.90 Å². The average Bonchev–Trinajstić information content (AvgIpc) is 3.53. The first kappa shape index (κ1) is 41.9. The summed E-state index contributed by atoms with van der Waals surface area (Å²) in [5.41, 5.74) is 6.48. The van der Waals surface area contributed by atoms with Crippen molar-refractivity contribution in [3.8, 4) is 0 Å². The van der Waals surface area contributed by atoms with E-state index in [1.54, 1.807) is 0 Å². The highest BCUT2D eigenvalue weighted by atomic mass is 15.3. The number of aliphatic imine (C=N–C) groups is 1. The van der Waals surface area contributed by atoms with E-state index in [0.717, 1.165) is 26.1 Å². The minimum atomic E-state index is 0.0820. The Labute approximate surface area is 283 Å². The molecule has 1 atom stereocenters. The highest BCUT2D eigenvalue weighted by Crippen LogP contribution is 2.27. The third-order valence-corrected chi connectivity index (χ3v) is 10.2. The van der Waals surface area contributed by atoms with Crippen molar-refractivity contribution < 1.29 is 0 Å². The van der Waals surface area contributed by atoms with Crippen LogP contribution in [0.2, 0.25) is 0 Å². The van der Waals surface area contributed by atoms with E-state index in [2.05, 4.69) is 50.0 Å². The van der Waals surface area contributed by atoms with E-state index in [4.69, 9.17) is 10.7 Å². The molecule has 1 aliphatic rings. The number of hydrogen-bond acceptors (Lipinski definition) is 3. The van der Waals surface area contributed by atoms with Gasteiger partial charge in [0.1, 0.15) is 0 Å². The molecule has 1 rings (SSSR count). The molecule has 0 radical (unpaired) electrons. The monoisotopic (exact) mass is 628 g/mol. The van der Waals surface area contributed by atoms with E-state index in [1.807, 2.05) is 0 Å². The van der Waals surface area contributed by atoms with Crippen LogP contribution in [0.15, 0.2) is 29.3 Å². The maximum Gasteiger partial charge on any atom is 0.0995 e. The summed E-state index contributed by atoms with van der Waals surface area (Å²) in [4.78, 5) is 7.54. The molecule has 0 aliphatic carbocycles. The summed E-state index contributed by atoms with van der Waals surface area (Å²) in [6.07, 6.45) is 50.3. The Kier molecular flexibility index (Phi) is 29.4. The molecule has 3 nitrogen and oxygen atoms in total. The van der Waals surface area contributed by atoms with Gasteiger partial charge in [0.05, 0.1) is 17.9 Å². The third kappa shape index (κ3) is 23.8. The molecule has 0 saturated carbocycles. The quantitative estimate of drug-likeness (QED) is 0.0569. The van der Waals surface area contributed by atoms with Gasteiger partial charge in [0.2, 0.25) is 0 Å². The van der Waals surface area contributed by atoms with Gasteiger partial charge in [-0.25, -0.2) is 0 Å². The van der Waals surface area contributed by atoms with Gasteiger partial charge < -0.3 is 10.6 Å². The summed E-state index contributed by atoms with van der Waals surface area (Å²) in [5.74, 6) is 1.35. The highest BCUT2D eigenvalue weighted by Gasteiger charge is 2.34. The molecule has 45 heavy (non-hydrogen) atoms. The summed E-state index contributed by atoms with van der Waals surface area (Å²) in [6.45, 7) is 9.76. The molecule has 0 saturated heterocycles. The predicted molar refractivity (Wildman–Crippen MR) is 205 cm³/mol. The second-order valence-corrected chi connectivity index (χ2v) is 14.5. The molecule has 3 heteroatoms. The minimum Gasteiger partial charge on any atom is -0.352 e. The number of unbranched alkanes of at least 4 members (excludes halogenated alkanes) is 24. The fraction of sp³-hybridized carbons (Fsp3) is 0.881. The number of allylic oxidation sites excluding steroid dienone is 4. The summed E-state index contributed by atoms with van der Waals surface area (Å²) in [6, 6.07) is 0. The summed E-state index contributed by atoms with van der Waals surface area (Å²) < 4.78 is 0. The topological polar surface area (TPSA) is 41.6 Å². The second-order valence-electron chi connectivity index (χ2n) is 14.5. The fourth-order valence-electron chi connectivity index (χ4n) is 6.92. The molecular weight excluding hydrogens is 546 g/mol. The number of nitrogens with zero attached hydrogens (tertiary/aromatic N) is 2. The first-order chi connectivity index (χ1) is 22.2. The van der Waals surface area contributed by atoms with Crippen LogP contribution >= 0.6 is 0 Å². The van der Waals surface area contributed by atoms with Crippen molar-refractivity contribution in [3.63, 3.8) is 0 Å². The molecule has 0 amide bonds. The van der Waals surface area contributed by atoms with Crippen LogP contribution in [0.3, 0.4) is 0 Å². The zero-order valence-corrected chi connectivity index (χ0v) is 31.1. The van der Waals surface area contributed by atoms with Crippen LogP contribution in [0.4, 0.5) is 0 Å². The molecule has 2 N–H and O–H groups in total. The Balaban J connectivity index is 2.03. The van der Waals surface area contributed by atoms with Gasteiger partial charge in [0.15, 0.2) is 0 Å². The van der Waals surface area contributed by atoms with Crippen molar-refractivity contribution >= 4 is 5.84 Å². The SMILES string of the molecule is CCCCCCCC/C=C\CCCCCCCCC1=NCCN1C(C)(CN)CCCCCCCC/C=C\CCCCCCCC. The number of hydrogen-bond donors (Lipinski definition) is 1. The van der Waals surface area contributed by atoms with E-state index in [1.165, 1.54) is 192 Å². The van der Waals surface area contributed by atoms with Gasteiger partial charge in [0.25, 0.3) is 0 Å². The Morgan fingerprint density at radius 1 is 0.556 bits per heavy atom. The van der Waals surface area contributed by atoms with Gasteiger partial charge in [-0.15, -0.1) is 0 Å². The van der Waals surface area contributed by atoms with Crippen LogP contribution in [-0.2, 0) is 0 Å². The van der Waals surface area contributed by atoms with Crippen molar-refractivity contribution in [2.24, 2.45) is 10.7 Å². The Bertz CT molecular complexity index is 711. The number of nitrogens with two attached hydrogens (primary N) is 1. The lowest BCUT2D eigenvalue weighted by Gasteiger charge is -2.40. The first-order valence-corrected chi connectivity index (χ1v) is 20.5. The lowest BCUT2D eigenvalue weighted by Crippen LogP contribution is -2.53. The molecular formula is C42H81N3. The van der Waals surface area contributed by atoms with Crippen LogP contribution in [0, 0.1) is 0 Å². The molecule has 0 aromatic heterocycles. The molecule has 0 spiro atoms. The van der Waals surface area contributed by atoms with E-state index < -0.39 is 0 Å². The van der Waals surface area contributed by atoms with Crippen molar-refractivity contribution in [2.45, 2.75) is 219 Å². The van der Waals surface area contributed by atoms with Crippen molar-refractivity contribution in [2.75, 3.05) is 19.6 Å². The van der Waals surface area contributed by atoms with Gasteiger partial charge in [0, 0.05) is 19.5 Å². The van der Waals surface area contributed by atoms with E-state index in [-0.39, 0.29) is 5.54 Å². The van der Waals surface area contributed by atoms with Crippen molar-refractivity contribution in [1.29, 1.82) is 0 Å². The van der Waals surface area contributed by atoms with Crippen LogP contribution < -0.4 is 5.73 Å². The highest BCUT2D eigenvalue weighted by molar-refractivity contribution is 5.84. The lowest BCUT2D eigenvalue weighted by atomic mass is 9.91. The van der Waals surface area contributed by atoms with Crippen molar-refractivity contribution in [3.05, 3.63) is 24.3 Å². The van der Waals surface area contributed by atoms with E-state index in [0.29, 0.717) is 0 Å². The van der Waals surface area contributed by atoms with Gasteiger partial charge in [-0.1, -0.05) is 160 Å². The Morgan fingerprint density at radius 3 is 1.36 bits per heavy atom. The normalized spacial score (nSPS) is 15.1. The lowest BCUT2D eigenvalue weighted by molar-refractivity contribution is 0.192. The van der Waals surface area contributed by atoms with Crippen LogP contribution in [0.1, 0.15) is 213 Å². The minimum absolute atomic E-state index is 0.0820. The van der Waals surface area contributed by atoms with Crippen LogP contribution in [0.25, 0.3) is 0 Å². The second kappa shape index (κ2) is 31.5. The fourth-order valence-corrected chi connectivity index (χ4v) is 6.92. The molecule has 264 valence electrons. The molecule has 1 aliphatic heterocycles. The first-order valence-electron chi connectivity index (χ1n) is 20.5. The standard InChI is InChI=1S/C42H81N3/c1-4-6-8-10-12-14-16-18-20-22-24-26-28-30-32-34-36-41-44-38-39-45(41)42(3,40-43)37-35-33-31-29-27-25-23-21-19-17-15-13-11-9-7-5-2/h18-21H,4-17,22-40,43H2,1-3H3/b20-18-,21-19-. The average molecular weight is 628 g/mol. The van der Waals surface area contributed by atoms with E-state index >= 15 is 0 Å². The molecule has 0 aromatic carbocycles. The number of amidine groups is 1. The summed E-state index contributed by atoms with van der Waals surface area (Å²) in [5, 5.41) is 0. The van der Waals surface area contributed by atoms with E-state index in [9.17, 15) is 0 Å². The predicted octanol–water partition coefficient (Wildman–Crippen LogP) is 13.3. The van der Waals surface area contributed by atoms with Crippen LogP contribution in [0.5, 0.6) is 0 Å². The van der Waals surface area contributed by atoms with Gasteiger partial charge >= 0.3 is 0 Å². The molecule has 0 aromatic rings. The summed E-state index contributed by atoms with van der Waals surface area (Å²) in [7, 11) is 0. The largest absolute Gasteiger partial charge is 0.352 e.